The lowest BCUT2D eigenvalue weighted by atomic mass is 10.2. The molecule has 6 nitrogen and oxygen atoms in total. The average Bonchev–Trinajstić information content (AvgIpc) is 2.85. The van der Waals surface area contributed by atoms with E-state index in [4.69, 9.17) is 4.74 Å². The molecule has 2 rings (SSSR count). The highest BCUT2D eigenvalue weighted by atomic mass is 19.4. The Balaban J connectivity index is 1.95. The minimum absolute atomic E-state index is 0.0864. The van der Waals surface area contributed by atoms with Crippen molar-refractivity contribution in [3.8, 4) is 0 Å². The SMILES string of the molecule is CC(C)(C)OC(=O)N1CC[C@@H](Nc2cc(C(F)(F)F)ncn2)C1. The summed E-state index contributed by atoms with van der Waals surface area (Å²) in [5, 5.41) is 2.90. The molecule has 0 spiro atoms. The predicted octanol–water partition coefficient (Wildman–Crippen LogP) is 2.92. The Morgan fingerprint density at radius 1 is 1.35 bits per heavy atom. The van der Waals surface area contributed by atoms with E-state index in [9.17, 15) is 18.0 Å². The first-order valence-electron chi connectivity index (χ1n) is 7.18. The molecule has 1 aromatic heterocycles. The van der Waals surface area contributed by atoms with Crippen LogP contribution in [0.2, 0.25) is 0 Å². The van der Waals surface area contributed by atoms with Crippen molar-refractivity contribution in [3.05, 3.63) is 18.1 Å². The maximum Gasteiger partial charge on any atom is 0.433 e. The summed E-state index contributed by atoms with van der Waals surface area (Å²) < 4.78 is 43.1. The Hall–Kier alpha value is -2.06. The van der Waals surface area contributed by atoms with Crippen molar-refractivity contribution in [2.75, 3.05) is 18.4 Å². The van der Waals surface area contributed by atoms with E-state index in [2.05, 4.69) is 15.3 Å². The number of hydrogen-bond acceptors (Lipinski definition) is 5. The van der Waals surface area contributed by atoms with Crippen LogP contribution >= 0.6 is 0 Å². The summed E-state index contributed by atoms with van der Waals surface area (Å²) in [5.74, 6) is 0.0864. The van der Waals surface area contributed by atoms with Crippen LogP contribution in [0.4, 0.5) is 23.8 Å². The van der Waals surface area contributed by atoms with E-state index in [1.54, 1.807) is 20.8 Å². The Kier molecular flexibility index (Phi) is 4.67. The minimum atomic E-state index is -4.52. The maximum absolute atomic E-state index is 12.6. The lowest BCUT2D eigenvalue weighted by molar-refractivity contribution is -0.141. The molecule has 0 aromatic carbocycles. The average molecular weight is 332 g/mol. The summed E-state index contributed by atoms with van der Waals surface area (Å²) in [6.45, 7) is 6.15. The van der Waals surface area contributed by atoms with Gasteiger partial charge >= 0.3 is 12.3 Å². The van der Waals surface area contributed by atoms with Gasteiger partial charge in [-0.15, -0.1) is 0 Å². The van der Waals surface area contributed by atoms with E-state index in [1.165, 1.54) is 4.90 Å². The molecule has 23 heavy (non-hydrogen) atoms. The quantitative estimate of drug-likeness (QED) is 0.902. The fourth-order valence-electron chi connectivity index (χ4n) is 2.17. The van der Waals surface area contributed by atoms with Gasteiger partial charge in [0.2, 0.25) is 0 Å². The molecule has 0 bridgehead atoms. The molecule has 0 aliphatic carbocycles. The summed E-state index contributed by atoms with van der Waals surface area (Å²) in [4.78, 5) is 20.5. The maximum atomic E-state index is 12.6. The number of amides is 1. The molecule has 1 N–H and O–H groups in total. The first-order chi connectivity index (χ1) is 10.5. The molecule has 1 aliphatic heterocycles. The number of likely N-dealkylation sites (tertiary alicyclic amines) is 1. The molecule has 2 heterocycles. The van der Waals surface area contributed by atoms with Crippen LogP contribution in [0, 0.1) is 0 Å². The summed E-state index contributed by atoms with van der Waals surface area (Å²) in [5.41, 5.74) is -1.59. The van der Waals surface area contributed by atoms with Gasteiger partial charge in [0.1, 0.15) is 23.4 Å². The smallest absolute Gasteiger partial charge is 0.433 e. The standard InChI is InChI=1S/C14H19F3N4O2/c1-13(2,3)23-12(22)21-5-4-9(7-21)20-11-6-10(14(15,16)17)18-8-19-11/h6,8-9H,4-5,7H2,1-3H3,(H,18,19,20)/t9-/m1/s1. The van der Waals surface area contributed by atoms with Crippen molar-refractivity contribution in [2.24, 2.45) is 0 Å². The number of anilines is 1. The summed E-state index contributed by atoms with van der Waals surface area (Å²) in [6.07, 6.45) is -3.48. The fourth-order valence-corrected chi connectivity index (χ4v) is 2.17. The van der Waals surface area contributed by atoms with E-state index in [0.717, 1.165) is 12.4 Å². The fraction of sp³-hybridized carbons (Fsp3) is 0.643. The second-order valence-electron chi connectivity index (χ2n) is 6.34. The van der Waals surface area contributed by atoms with Crippen molar-refractivity contribution in [2.45, 2.75) is 45.0 Å². The highest BCUT2D eigenvalue weighted by molar-refractivity contribution is 5.68. The van der Waals surface area contributed by atoms with Crippen molar-refractivity contribution in [1.29, 1.82) is 0 Å². The third-order valence-corrected chi connectivity index (χ3v) is 3.15. The molecule has 0 radical (unpaired) electrons. The molecule has 1 amide bonds. The lowest BCUT2D eigenvalue weighted by Crippen LogP contribution is -2.36. The van der Waals surface area contributed by atoms with E-state index in [-0.39, 0.29) is 11.9 Å². The van der Waals surface area contributed by atoms with E-state index >= 15 is 0 Å². The van der Waals surface area contributed by atoms with Gasteiger partial charge in [-0.25, -0.2) is 14.8 Å². The molecule has 0 unspecified atom stereocenters. The van der Waals surface area contributed by atoms with E-state index in [1.807, 2.05) is 0 Å². The molecule has 0 saturated carbocycles. The number of hydrogen-bond donors (Lipinski definition) is 1. The highest BCUT2D eigenvalue weighted by Gasteiger charge is 2.34. The molecule has 1 aromatic rings. The molecule has 128 valence electrons. The van der Waals surface area contributed by atoms with Gasteiger partial charge in [-0.05, 0) is 27.2 Å². The number of rotatable bonds is 2. The molecule has 1 aliphatic rings. The zero-order valence-electron chi connectivity index (χ0n) is 13.1. The van der Waals surface area contributed by atoms with Crippen LogP contribution < -0.4 is 5.32 Å². The molecule has 1 atom stereocenters. The van der Waals surface area contributed by atoms with Gasteiger partial charge in [-0.1, -0.05) is 0 Å². The summed E-state index contributed by atoms with van der Waals surface area (Å²) in [7, 11) is 0. The number of nitrogens with one attached hydrogen (secondary N) is 1. The second kappa shape index (κ2) is 6.21. The van der Waals surface area contributed by atoms with Crippen LogP contribution in [-0.4, -0.2) is 45.7 Å². The van der Waals surface area contributed by atoms with Crippen molar-refractivity contribution >= 4 is 11.9 Å². The predicted molar refractivity (Wildman–Crippen MR) is 76.9 cm³/mol. The lowest BCUT2D eigenvalue weighted by Gasteiger charge is -2.24. The Morgan fingerprint density at radius 2 is 2.04 bits per heavy atom. The Bertz CT molecular complexity index is 572. The van der Waals surface area contributed by atoms with Crippen LogP contribution in [-0.2, 0) is 10.9 Å². The van der Waals surface area contributed by atoms with Crippen LogP contribution in [0.3, 0.4) is 0 Å². The number of aromatic nitrogens is 2. The van der Waals surface area contributed by atoms with Gasteiger partial charge < -0.3 is 15.0 Å². The first kappa shape index (κ1) is 17.3. The molecular formula is C14H19F3N4O2. The van der Waals surface area contributed by atoms with Crippen LogP contribution in [0.15, 0.2) is 12.4 Å². The van der Waals surface area contributed by atoms with Crippen LogP contribution in [0.1, 0.15) is 32.9 Å². The first-order valence-corrected chi connectivity index (χ1v) is 7.18. The largest absolute Gasteiger partial charge is 0.444 e. The second-order valence-corrected chi connectivity index (χ2v) is 6.34. The number of alkyl halides is 3. The van der Waals surface area contributed by atoms with E-state index in [0.29, 0.717) is 19.5 Å². The molecule has 1 fully saturated rings. The minimum Gasteiger partial charge on any atom is -0.444 e. The van der Waals surface area contributed by atoms with Crippen LogP contribution in [0.25, 0.3) is 0 Å². The van der Waals surface area contributed by atoms with Crippen molar-refractivity contribution in [3.63, 3.8) is 0 Å². The van der Waals surface area contributed by atoms with Gasteiger partial charge in [0.15, 0.2) is 0 Å². The van der Waals surface area contributed by atoms with Gasteiger partial charge in [0.25, 0.3) is 0 Å². The normalized spacial score (nSPS) is 18.9. The number of nitrogens with zero attached hydrogens (tertiary/aromatic N) is 3. The topological polar surface area (TPSA) is 67.3 Å². The Labute approximate surface area is 132 Å². The number of ether oxygens (including phenoxy) is 1. The highest BCUT2D eigenvalue weighted by Crippen LogP contribution is 2.28. The summed E-state index contributed by atoms with van der Waals surface area (Å²) >= 11 is 0. The third-order valence-electron chi connectivity index (χ3n) is 3.15. The Morgan fingerprint density at radius 3 is 2.65 bits per heavy atom. The van der Waals surface area contributed by atoms with Crippen molar-refractivity contribution < 1.29 is 22.7 Å². The van der Waals surface area contributed by atoms with Gasteiger partial charge in [-0.2, -0.15) is 13.2 Å². The number of carbonyl (C=O) groups excluding carboxylic acids is 1. The zero-order chi connectivity index (χ0) is 17.3. The zero-order valence-corrected chi connectivity index (χ0v) is 13.1. The van der Waals surface area contributed by atoms with Gasteiger partial charge in [-0.3, -0.25) is 0 Å². The van der Waals surface area contributed by atoms with E-state index < -0.39 is 23.6 Å². The molecule has 1 saturated heterocycles. The van der Waals surface area contributed by atoms with Crippen LogP contribution in [0.5, 0.6) is 0 Å². The van der Waals surface area contributed by atoms with Crippen molar-refractivity contribution in [1.82, 2.24) is 14.9 Å². The number of halogens is 3. The summed E-state index contributed by atoms with van der Waals surface area (Å²) in [6, 6.07) is 0.675. The molecular weight excluding hydrogens is 313 g/mol. The molecule has 9 heteroatoms. The van der Waals surface area contributed by atoms with Gasteiger partial charge in [0, 0.05) is 25.2 Å². The third kappa shape index (κ3) is 4.97. The number of carbonyl (C=O) groups is 1. The monoisotopic (exact) mass is 332 g/mol. The van der Waals surface area contributed by atoms with Gasteiger partial charge in [0.05, 0.1) is 0 Å².